The van der Waals surface area contributed by atoms with Gasteiger partial charge >= 0.3 is 0 Å². The second kappa shape index (κ2) is 6.51. The van der Waals surface area contributed by atoms with E-state index in [2.05, 4.69) is 29.8 Å². The highest BCUT2D eigenvalue weighted by Gasteiger charge is 2.45. The molecule has 4 nitrogen and oxygen atoms in total. The van der Waals surface area contributed by atoms with Crippen LogP contribution in [0, 0.1) is 0 Å². The summed E-state index contributed by atoms with van der Waals surface area (Å²) in [5.74, 6) is 1.08. The molecule has 2 fully saturated rings. The number of likely N-dealkylation sites (N-methyl/N-ethyl adjacent to an activating group) is 1. The van der Waals surface area contributed by atoms with E-state index < -0.39 is 0 Å². The summed E-state index contributed by atoms with van der Waals surface area (Å²) in [4.78, 5) is 5.14. The molecule has 3 heterocycles. The maximum atomic E-state index is 5.65. The maximum absolute atomic E-state index is 5.65. The molecule has 1 atom stereocenters. The van der Waals surface area contributed by atoms with Crippen molar-refractivity contribution in [2.45, 2.75) is 50.7 Å². The molecular weight excluding hydrogens is 264 g/mol. The molecule has 0 N–H and O–H groups in total. The number of likely N-dealkylation sites (tertiary alicyclic amines) is 2. The number of nitrogens with zero attached hydrogens (tertiary/aromatic N) is 2. The van der Waals surface area contributed by atoms with Gasteiger partial charge in [-0.15, -0.1) is 0 Å². The van der Waals surface area contributed by atoms with Gasteiger partial charge in [0, 0.05) is 31.3 Å². The monoisotopic (exact) mass is 292 g/mol. The molecule has 0 amide bonds. The first-order valence-electron chi connectivity index (χ1n) is 8.29. The van der Waals surface area contributed by atoms with E-state index >= 15 is 0 Å². The molecule has 0 bridgehead atoms. The molecule has 2 aliphatic rings. The standard InChI is InChI=1S/C17H28N2O2/c1-3-20-14-15-6-7-17(18(15)2)8-10-19(11-9-17)13-16-5-4-12-21-16/h4-5,12,15H,3,6-11,13-14H2,1-2H3/t15-/m1/s1. The lowest BCUT2D eigenvalue weighted by molar-refractivity contribution is 0.0193. The molecule has 0 saturated carbocycles. The molecule has 1 spiro atoms. The average Bonchev–Trinajstić information content (AvgIpc) is 3.11. The van der Waals surface area contributed by atoms with Crippen molar-refractivity contribution < 1.29 is 9.15 Å². The van der Waals surface area contributed by atoms with Crippen LogP contribution in [0.5, 0.6) is 0 Å². The van der Waals surface area contributed by atoms with Crippen molar-refractivity contribution in [1.29, 1.82) is 0 Å². The Balaban J connectivity index is 1.52. The van der Waals surface area contributed by atoms with E-state index in [0.29, 0.717) is 11.6 Å². The highest BCUT2D eigenvalue weighted by atomic mass is 16.5. The summed E-state index contributed by atoms with van der Waals surface area (Å²) >= 11 is 0. The summed E-state index contributed by atoms with van der Waals surface area (Å²) < 4.78 is 11.1. The van der Waals surface area contributed by atoms with Gasteiger partial charge in [0.2, 0.25) is 0 Å². The van der Waals surface area contributed by atoms with E-state index in [4.69, 9.17) is 9.15 Å². The number of piperidine rings is 1. The predicted molar refractivity (Wildman–Crippen MR) is 83.2 cm³/mol. The molecule has 3 rings (SSSR count). The Morgan fingerprint density at radius 3 is 2.81 bits per heavy atom. The lowest BCUT2D eigenvalue weighted by Crippen LogP contribution is -2.52. The van der Waals surface area contributed by atoms with Gasteiger partial charge in [-0.3, -0.25) is 9.80 Å². The smallest absolute Gasteiger partial charge is 0.117 e. The van der Waals surface area contributed by atoms with Crippen LogP contribution in [0.3, 0.4) is 0 Å². The van der Waals surface area contributed by atoms with Gasteiger partial charge in [0.1, 0.15) is 5.76 Å². The zero-order chi connectivity index (χ0) is 14.7. The van der Waals surface area contributed by atoms with Crippen LogP contribution in [0.2, 0.25) is 0 Å². The number of ether oxygens (including phenoxy) is 1. The van der Waals surface area contributed by atoms with Gasteiger partial charge in [0.25, 0.3) is 0 Å². The first kappa shape index (κ1) is 15.1. The summed E-state index contributed by atoms with van der Waals surface area (Å²) in [6.45, 7) is 7.10. The lowest BCUT2D eigenvalue weighted by atomic mass is 9.85. The summed E-state index contributed by atoms with van der Waals surface area (Å²) in [5, 5.41) is 0. The minimum Gasteiger partial charge on any atom is -0.468 e. The van der Waals surface area contributed by atoms with Gasteiger partial charge in [0.05, 0.1) is 19.4 Å². The van der Waals surface area contributed by atoms with Gasteiger partial charge in [-0.25, -0.2) is 0 Å². The second-order valence-corrected chi connectivity index (χ2v) is 6.54. The molecule has 0 radical (unpaired) electrons. The number of furan rings is 1. The Bertz CT molecular complexity index is 424. The lowest BCUT2D eigenvalue weighted by Gasteiger charge is -2.45. The minimum atomic E-state index is 0.418. The zero-order valence-corrected chi connectivity index (χ0v) is 13.4. The van der Waals surface area contributed by atoms with Crippen LogP contribution in [0.15, 0.2) is 22.8 Å². The van der Waals surface area contributed by atoms with Crippen LogP contribution in [-0.4, -0.2) is 54.7 Å². The molecule has 0 aromatic carbocycles. The number of hydrogen-bond acceptors (Lipinski definition) is 4. The van der Waals surface area contributed by atoms with Crippen LogP contribution in [0.1, 0.15) is 38.4 Å². The average molecular weight is 292 g/mol. The van der Waals surface area contributed by atoms with E-state index in [0.717, 1.165) is 25.5 Å². The fourth-order valence-electron chi connectivity index (χ4n) is 3.99. The van der Waals surface area contributed by atoms with E-state index in [1.807, 2.05) is 6.07 Å². The fraction of sp³-hybridized carbons (Fsp3) is 0.765. The van der Waals surface area contributed by atoms with Crippen molar-refractivity contribution in [2.24, 2.45) is 0 Å². The van der Waals surface area contributed by atoms with Crippen molar-refractivity contribution in [1.82, 2.24) is 9.80 Å². The molecule has 1 aromatic rings. The van der Waals surface area contributed by atoms with Crippen LogP contribution in [0.25, 0.3) is 0 Å². The normalized spacial score (nSPS) is 26.7. The van der Waals surface area contributed by atoms with Crippen molar-refractivity contribution in [2.75, 3.05) is 33.4 Å². The van der Waals surface area contributed by atoms with Crippen LogP contribution in [0.4, 0.5) is 0 Å². The molecule has 0 unspecified atom stereocenters. The number of rotatable bonds is 5. The molecule has 2 aliphatic heterocycles. The summed E-state index contributed by atoms with van der Waals surface area (Å²) in [6, 6.07) is 4.66. The first-order chi connectivity index (χ1) is 10.2. The van der Waals surface area contributed by atoms with Gasteiger partial charge in [-0.1, -0.05) is 0 Å². The molecule has 2 saturated heterocycles. The van der Waals surface area contributed by atoms with E-state index in [-0.39, 0.29) is 0 Å². The third kappa shape index (κ3) is 3.17. The summed E-state index contributed by atoms with van der Waals surface area (Å²) in [5.41, 5.74) is 0.418. The highest BCUT2D eigenvalue weighted by molar-refractivity contribution is 5.03. The van der Waals surface area contributed by atoms with E-state index in [9.17, 15) is 0 Å². The van der Waals surface area contributed by atoms with E-state index in [1.165, 1.54) is 38.8 Å². The highest BCUT2D eigenvalue weighted by Crippen LogP contribution is 2.40. The zero-order valence-electron chi connectivity index (χ0n) is 13.4. The molecule has 0 aliphatic carbocycles. The van der Waals surface area contributed by atoms with Crippen LogP contribution >= 0.6 is 0 Å². The molecular formula is C17H28N2O2. The van der Waals surface area contributed by atoms with Crippen LogP contribution < -0.4 is 0 Å². The largest absolute Gasteiger partial charge is 0.468 e. The Morgan fingerprint density at radius 1 is 1.33 bits per heavy atom. The minimum absolute atomic E-state index is 0.418. The Kier molecular flexibility index (Phi) is 4.67. The molecule has 118 valence electrons. The third-order valence-electron chi connectivity index (χ3n) is 5.50. The maximum Gasteiger partial charge on any atom is 0.117 e. The molecule has 21 heavy (non-hydrogen) atoms. The quantitative estimate of drug-likeness (QED) is 0.834. The van der Waals surface area contributed by atoms with Crippen molar-refractivity contribution in [3.05, 3.63) is 24.2 Å². The Hall–Kier alpha value is -0.840. The third-order valence-corrected chi connectivity index (χ3v) is 5.50. The first-order valence-corrected chi connectivity index (χ1v) is 8.29. The second-order valence-electron chi connectivity index (χ2n) is 6.54. The molecule has 1 aromatic heterocycles. The van der Waals surface area contributed by atoms with E-state index in [1.54, 1.807) is 6.26 Å². The van der Waals surface area contributed by atoms with Gasteiger partial charge in [0.15, 0.2) is 0 Å². The Labute approximate surface area is 128 Å². The van der Waals surface area contributed by atoms with Gasteiger partial charge in [-0.05, 0) is 51.8 Å². The van der Waals surface area contributed by atoms with Gasteiger partial charge < -0.3 is 9.15 Å². The van der Waals surface area contributed by atoms with Crippen molar-refractivity contribution in [3.63, 3.8) is 0 Å². The Morgan fingerprint density at radius 2 is 2.14 bits per heavy atom. The van der Waals surface area contributed by atoms with Crippen molar-refractivity contribution in [3.8, 4) is 0 Å². The number of hydrogen-bond donors (Lipinski definition) is 0. The predicted octanol–water partition coefficient (Wildman–Crippen LogP) is 2.74. The van der Waals surface area contributed by atoms with Gasteiger partial charge in [-0.2, -0.15) is 0 Å². The summed E-state index contributed by atoms with van der Waals surface area (Å²) in [6.07, 6.45) is 6.92. The SMILES string of the molecule is CCOC[C@H]1CCC2(CCN(Cc3ccco3)CC2)N1C. The summed E-state index contributed by atoms with van der Waals surface area (Å²) in [7, 11) is 2.30. The van der Waals surface area contributed by atoms with Crippen molar-refractivity contribution >= 4 is 0 Å². The fourth-order valence-corrected chi connectivity index (χ4v) is 3.99. The topological polar surface area (TPSA) is 28.9 Å². The van der Waals surface area contributed by atoms with Crippen LogP contribution in [-0.2, 0) is 11.3 Å². The molecule has 4 heteroatoms.